The largest absolute Gasteiger partial charge is 0.367 e. The highest BCUT2D eigenvalue weighted by Gasteiger charge is 2.16. The third-order valence-corrected chi connectivity index (χ3v) is 2.38. The molecule has 106 valence electrons. The van der Waals surface area contributed by atoms with E-state index in [9.17, 15) is 0 Å². The van der Waals surface area contributed by atoms with Gasteiger partial charge in [0.15, 0.2) is 0 Å². The number of hydrogen-bond donors (Lipinski definition) is 0. The predicted molar refractivity (Wildman–Crippen MR) is 84.0 cm³/mol. The molecule has 0 bridgehead atoms. The average molecular weight is 286 g/mol. The average Bonchev–Trinajstić information content (AvgIpc) is 2.75. The molecular weight excluding hydrogens is 246 g/mol. The van der Waals surface area contributed by atoms with Crippen molar-refractivity contribution in [2.24, 2.45) is 0 Å². The summed E-state index contributed by atoms with van der Waals surface area (Å²) in [7, 11) is 0. The van der Waals surface area contributed by atoms with E-state index < -0.39 is 98.7 Å². The van der Waals surface area contributed by atoms with Crippen molar-refractivity contribution in [2.45, 2.75) is 13.0 Å². The highest BCUT2D eigenvalue weighted by Crippen LogP contribution is 2.28. The van der Waals surface area contributed by atoms with Gasteiger partial charge in [-0.05, 0) is 37.6 Å². The number of benzene rings is 2. The third-order valence-electron chi connectivity index (χ3n) is 2.38. The number of likely N-dealkylation sites (N-methyl/N-ethyl adjacent to an activating group) is 1. The van der Waals surface area contributed by atoms with Gasteiger partial charge in [0.25, 0.3) is 0 Å². The van der Waals surface area contributed by atoms with Crippen LogP contribution in [-0.4, -0.2) is 32.0 Å². The summed E-state index contributed by atoms with van der Waals surface area (Å²) in [5.74, 6) is 0. The van der Waals surface area contributed by atoms with Crippen LogP contribution < -0.4 is 0 Å². The SMILES string of the molecule is [2H]c1c([2H])c([2H])c(C(OC([2H])([2H])CN(C([2H])([2H])[2H])C([2H])([2H])[2H])c2c([2H])c([2H])c([2H])c([2H])c2C)c([2H])c1[2H]. The Hall–Kier alpha value is -1.64. The fraction of sp³-hybridized carbons (Fsp3) is 0.333. The smallest absolute Gasteiger partial charge is 0.108 e. The van der Waals surface area contributed by atoms with E-state index in [1.807, 2.05) is 0 Å². The third kappa shape index (κ3) is 3.92. The second kappa shape index (κ2) is 7.22. The van der Waals surface area contributed by atoms with Gasteiger partial charge < -0.3 is 9.64 Å². The second-order valence-electron chi connectivity index (χ2n) is 3.81. The molecule has 0 aliphatic carbocycles. The molecule has 20 heavy (non-hydrogen) atoms. The molecule has 1 atom stereocenters. The molecule has 0 saturated heterocycles. The van der Waals surface area contributed by atoms with E-state index in [-0.39, 0.29) is 10.5 Å². The molecule has 1 unspecified atom stereocenters. The Morgan fingerprint density at radius 2 is 1.85 bits per heavy atom. The molecule has 0 saturated carbocycles. The normalized spacial score (nSPS) is 26.8. The van der Waals surface area contributed by atoms with Gasteiger partial charge in [0.05, 0.1) is 21.6 Å². The number of nitrogens with zero attached hydrogens (tertiary/aromatic N) is 1. The van der Waals surface area contributed by atoms with Gasteiger partial charge in [0.2, 0.25) is 0 Å². The lowest BCUT2D eigenvalue weighted by Gasteiger charge is -2.22. The number of rotatable bonds is 6. The highest BCUT2D eigenvalue weighted by atomic mass is 16.5. The predicted octanol–water partition coefficient (Wildman–Crippen LogP) is 3.66. The van der Waals surface area contributed by atoms with E-state index in [4.69, 9.17) is 28.0 Å². The van der Waals surface area contributed by atoms with Gasteiger partial charge in [-0.15, -0.1) is 0 Å². The lowest BCUT2D eigenvalue weighted by atomic mass is 9.97. The molecule has 0 spiro atoms. The Kier molecular flexibility index (Phi) is 1.51. The van der Waals surface area contributed by atoms with E-state index in [1.165, 1.54) is 6.92 Å². The van der Waals surface area contributed by atoms with Crippen molar-refractivity contribution in [3.8, 4) is 0 Å². The van der Waals surface area contributed by atoms with Gasteiger partial charge in [-0.2, -0.15) is 0 Å². The van der Waals surface area contributed by atoms with Crippen LogP contribution in [0.5, 0.6) is 0 Å². The quantitative estimate of drug-likeness (QED) is 0.803. The van der Waals surface area contributed by atoms with Crippen molar-refractivity contribution in [3.63, 3.8) is 0 Å². The van der Waals surface area contributed by atoms with E-state index in [0.717, 1.165) is 0 Å². The molecule has 0 amide bonds. The summed E-state index contributed by atoms with van der Waals surface area (Å²) < 4.78 is 140. The lowest BCUT2D eigenvalue weighted by molar-refractivity contribution is 0.0683. The highest BCUT2D eigenvalue weighted by molar-refractivity contribution is 5.35. The lowest BCUT2D eigenvalue weighted by Crippen LogP contribution is -2.20. The van der Waals surface area contributed by atoms with E-state index >= 15 is 0 Å². The minimum absolute atomic E-state index is 0.133. The minimum Gasteiger partial charge on any atom is -0.367 e. The van der Waals surface area contributed by atoms with Crippen molar-refractivity contribution >= 4 is 0 Å². The molecule has 0 radical (unpaired) electrons. The summed E-state index contributed by atoms with van der Waals surface area (Å²) in [6, 6.07) is -6.93. The maximum Gasteiger partial charge on any atom is 0.108 e. The van der Waals surface area contributed by atoms with Crippen molar-refractivity contribution < 1.29 is 28.0 Å². The molecule has 2 rings (SSSR count). The van der Waals surface area contributed by atoms with Crippen molar-refractivity contribution in [2.75, 3.05) is 27.1 Å². The van der Waals surface area contributed by atoms with Crippen molar-refractivity contribution in [1.82, 2.24) is 4.90 Å². The van der Waals surface area contributed by atoms with Crippen LogP contribution in [0.25, 0.3) is 0 Å². The summed E-state index contributed by atoms with van der Waals surface area (Å²) >= 11 is 0. The van der Waals surface area contributed by atoms with Crippen molar-refractivity contribution in [3.05, 3.63) is 71.1 Å². The summed E-state index contributed by atoms with van der Waals surface area (Å²) in [5.41, 5.74) is -1.35. The van der Waals surface area contributed by atoms with Gasteiger partial charge in [-0.25, -0.2) is 0 Å². The van der Waals surface area contributed by atoms with Gasteiger partial charge in [0.1, 0.15) is 6.10 Å². The Morgan fingerprint density at radius 1 is 1.15 bits per heavy atom. The molecule has 0 aliphatic rings. The topological polar surface area (TPSA) is 12.5 Å². The van der Waals surface area contributed by atoms with Gasteiger partial charge >= 0.3 is 0 Å². The molecule has 2 nitrogen and oxygen atoms in total. The maximum absolute atomic E-state index is 8.35. The van der Waals surface area contributed by atoms with E-state index in [1.54, 1.807) is 0 Å². The summed E-state index contributed by atoms with van der Waals surface area (Å²) in [6.07, 6.45) is -2.08. The molecule has 0 fully saturated rings. The van der Waals surface area contributed by atoms with Crippen molar-refractivity contribution in [1.29, 1.82) is 0 Å². The first-order valence-electron chi connectivity index (χ1n) is 14.1. The molecule has 2 aromatic carbocycles. The molecule has 2 heteroatoms. The zero-order valence-corrected chi connectivity index (χ0v) is 10.6. The standard InChI is InChI=1S/C18H23NO/c1-15-9-7-8-12-17(15)18(20-14-13-19(2)3)16-10-5-4-6-11-16/h4-12,18H,13-14H2,1-3H3/i2D3,3D3,4D,5D,6D,7D,8D,9D,10D,11D,12D,14D2. The van der Waals surface area contributed by atoms with Crippen LogP contribution in [0, 0.1) is 6.92 Å². The molecule has 0 heterocycles. The van der Waals surface area contributed by atoms with Crippen LogP contribution in [0.3, 0.4) is 0 Å². The Labute approximate surface area is 145 Å². The molecule has 0 aromatic heterocycles. The molecule has 0 N–H and O–H groups in total. The zero-order valence-electron chi connectivity index (χ0n) is 27.6. The van der Waals surface area contributed by atoms with Crippen LogP contribution >= 0.6 is 0 Å². The summed E-state index contributed by atoms with van der Waals surface area (Å²) in [5, 5.41) is 0. The van der Waals surface area contributed by atoms with Crippen LogP contribution in [0.1, 0.15) is 46.1 Å². The number of hydrogen-bond acceptors (Lipinski definition) is 2. The van der Waals surface area contributed by atoms with Crippen LogP contribution in [0.15, 0.2) is 54.4 Å². The Bertz CT molecular complexity index is 1060. The molecule has 2 aromatic rings. The fourth-order valence-electron chi connectivity index (χ4n) is 1.48. The monoisotopic (exact) mass is 286 g/mol. The van der Waals surface area contributed by atoms with E-state index in [0.29, 0.717) is 0 Å². The summed E-state index contributed by atoms with van der Waals surface area (Å²) in [4.78, 5) is -0.133. The first-order chi connectivity index (χ1) is 16.5. The Balaban J connectivity index is 2.89. The van der Waals surface area contributed by atoms with Gasteiger partial charge in [-0.3, -0.25) is 0 Å². The zero-order chi connectivity index (χ0) is 29.0. The van der Waals surface area contributed by atoms with Gasteiger partial charge in [-0.1, -0.05) is 54.4 Å². The van der Waals surface area contributed by atoms with Gasteiger partial charge in [0, 0.05) is 14.8 Å². The molecule has 0 aliphatic heterocycles. The fourth-order valence-corrected chi connectivity index (χ4v) is 1.48. The maximum atomic E-state index is 8.35. The second-order valence-corrected chi connectivity index (χ2v) is 3.81. The van der Waals surface area contributed by atoms with Crippen LogP contribution in [0.4, 0.5) is 0 Å². The molecular formula is C18H23NO. The minimum atomic E-state index is -3.31. The first kappa shape index (κ1) is 4.19. The Morgan fingerprint density at radius 3 is 2.60 bits per heavy atom. The first-order valence-corrected chi connectivity index (χ1v) is 5.63. The van der Waals surface area contributed by atoms with Crippen LogP contribution in [0.2, 0.25) is 0 Å². The van der Waals surface area contributed by atoms with E-state index in [2.05, 4.69) is 0 Å². The van der Waals surface area contributed by atoms with Crippen LogP contribution in [-0.2, 0) is 4.74 Å². The number of ether oxygens (including phenoxy) is 1. The summed E-state index contributed by atoms with van der Waals surface area (Å²) in [6.45, 7) is -9.95.